The van der Waals surface area contributed by atoms with Gasteiger partial charge in [0.2, 0.25) is 0 Å². The first kappa shape index (κ1) is 15.8. The fourth-order valence-corrected chi connectivity index (χ4v) is 2.85. The minimum absolute atomic E-state index is 0.0704. The Hall–Kier alpha value is -1.61. The largest absolute Gasteiger partial charge is 0.326 e. The third kappa shape index (κ3) is 3.18. The van der Waals surface area contributed by atoms with Crippen LogP contribution in [-0.2, 0) is 12.8 Å². The minimum atomic E-state index is 0.0704. The first-order valence-corrected chi connectivity index (χ1v) is 8.00. The second kappa shape index (κ2) is 6.90. The van der Waals surface area contributed by atoms with Crippen LogP contribution in [0, 0.1) is 6.92 Å². The Morgan fingerprint density at radius 3 is 2.43 bits per heavy atom. The van der Waals surface area contributed by atoms with Crippen LogP contribution < -0.4 is 5.73 Å². The molecule has 1 heterocycles. The molecule has 0 amide bonds. The summed E-state index contributed by atoms with van der Waals surface area (Å²) in [5, 5.41) is 4.82. The van der Waals surface area contributed by atoms with Crippen molar-refractivity contribution < 1.29 is 0 Å². The molecular formula is C18H27N3. The van der Waals surface area contributed by atoms with Crippen LogP contribution in [-0.4, -0.2) is 15.8 Å². The van der Waals surface area contributed by atoms with Gasteiger partial charge in [-0.25, -0.2) is 0 Å². The standard InChI is InChI=1S/C18H27N3/c1-5-14-12-15(6-2)21(20-14)18(17(19)7-3)16-11-9-8-10-13(16)4/h8-12,17-18H,5-7,19H2,1-4H3. The Labute approximate surface area is 128 Å². The van der Waals surface area contributed by atoms with Gasteiger partial charge < -0.3 is 5.73 Å². The Morgan fingerprint density at radius 1 is 1.14 bits per heavy atom. The van der Waals surface area contributed by atoms with Crippen molar-refractivity contribution in [2.45, 2.75) is 59.0 Å². The van der Waals surface area contributed by atoms with E-state index in [1.807, 2.05) is 0 Å². The van der Waals surface area contributed by atoms with Crippen LogP contribution in [0.25, 0.3) is 0 Å². The van der Waals surface area contributed by atoms with Gasteiger partial charge in [-0.3, -0.25) is 4.68 Å². The molecule has 0 aliphatic rings. The molecule has 0 aliphatic heterocycles. The molecule has 21 heavy (non-hydrogen) atoms. The highest BCUT2D eigenvalue weighted by Crippen LogP contribution is 2.27. The lowest BCUT2D eigenvalue weighted by atomic mass is 9.94. The van der Waals surface area contributed by atoms with E-state index in [9.17, 15) is 0 Å². The number of rotatable bonds is 6. The van der Waals surface area contributed by atoms with Gasteiger partial charge >= 0.3 is 0 Å². The van der Waals surface area contributed by atoms with Crippen LogP contribution in [0.2, 0.25) is 0 Å². The molecule has 2 N–H and O–H groups in total. The fraction of sp³-hybridized carbons (Fsp3) is 0.500. The summed E-state index contributed by atoms with van der Waals surface area (Å²) >= 11 is 0. The van der Waals surface area contributed by atoms with Gasteiger partial charge in [0.25, 0.3) is 0 Å². The zero-order chi connectivity index (χ0) is 15.4. The molecule has 0 saturated heterocycles. The summed E-state index contributed by atoms with van der Waals surface area (Å²) in [5.41, 5.74) is 11.4. The van der Waals surface area contributed by atoms with Gasteiger partial charge in [0.15, 0.2) is 0 Å². The molecule has 2 aromatic rings. The van der Waals surface area contributed by atoms with Crippen LogP contribution in [0.5, 0.6) is 0 Å². The molecule has 0 radical (unpaired) electrons. The van der Waals surface area contributed by atoms with Crippen molar-refractivity contribution in [2.24, 2.45) is 5.73 Å². The number of aromatic nitrogens is 2. The van der Waals surface area contributed by atoms with Crippen LogP contribution in [0.15, 0.2) is 30.3 Å². The molecule has 0 spiro atoms. The van der Waals surface area contributed by atoms with Crippen molar-refractivity contribution in [3.05, 3.63) is 52.8 Å². The molecule has 0 saturated carbocycles. The quantitative estimate of drug-likeness (QED) is 0.880. The SMILES string of the molecule is CCc1cc(CC)n(C(c2ccccc2C)C(N)CC)n1. The second-order valence-electron chi connectivity index (χ2n) is 5.65. The molecule has 0 fully saturated rings. The summed E-state index contributed by atoms with van der Waals surface area (Å²) in [7, 11) is 0. The molecule has 114 valence electrons. The van der Waals surface area contributed by atoms with Crippen LogP contribution in [0.4, 0.5) is 0 Å². The Bertz CT molecular complexity index is 586. The number of benzene rings is 1. The van der Waals surface area contributed by atoms with Gasteiger partial charge in [-0.2, -0.15) is 5.10 Å². The van der Waals surface area contributed by atoms with E-state index in [1.165, 1.54) is 16.8 Å². The van der Waals surface area contributed by atoms with Crippen molar-refractivity contribution in [1.82, 2.24) is 9.78 Å². The molecule has 2 rings (SSSR count). The third-order valence-electron chi connectivity index (χ3n) is 4.24. The highest BCUT2D eigenvalue weighted by molar-refractivity contribution is 5.31. The van der Waals surface area contributed by atoms with E-state index >= 15 is 0 Å². The van der Waals surface area contributed by atoms with Crippen molar-refractivity contribution in [1.29, 1.82) is 0 Å². The second-order valence-corrected chi connectivity index (χ2v) is 5.65. The third-order valence-corrected chi connectivity index (χ3v) is 4.24. The maximum absolute atomic E-state index is 6.46. The average Bonchev–Trinajstić information content (AvgIpc) is 2.92. The summed E-state index contributed by atoms with van der Waals surface area (Å²) in [5.74, 6) is 0. The van der Waals surface area contributed by atoms with E-state index in [1.54, 1.807) is 0 Å². The van der Waals surface area contributed by atoms with Gasteiger partial charge in [-0.15, -0.1) is 0 Å². The summed E-state index contributed by atoms with van der Waals surface area (Å²) in [6.45, 7) is 8.63. The smallest absolute Gasteiger partial charge is 0.0924 e. The number of nitrogens with zero attached hydrogens (tertiary/aromatic N) is 2. The Kier molecular flexibility index (Phi) is 5.18. The Morgan fingerprint density at radius 2 is 1.86 bits per heavy atom. The normalized spacial score (nSPS) is 14.1. The molecule has 2 atom stereocenters. The lowest BCUT2D eigenvalue weighted by Crippen LogP contribution is -2.34. The van der Waals surface area contributed by atoms with Crippen molar-refractivity contribution >= 4 is 0 Å². The predicted molar refractivity (Wildman–Crippen MR) is 88.6 cm³/mol. The van der Waals surface area contributed by atoms with Gasteiger partial charge in [0, 0.05) is 11.7 Å². The molecule has 3 nitrogen and oxygen atoms in total. The van der Waals surface area contributed by atoms with Crippen molar-refractivity contribution in [2.75, 3.05) is 0 Å². The van der Waals surface area contributed by atoms with Gasteiger partial charge in [0.1, 0.15) is 0 Å². The summed E-state index contributed by atoms with van der Waals surface area (Å²) < 4.78 is 2.16. The van der Waals surface area contributed by atoms with E-state index in [2.05, 4.69) is 62.7 Å². The fourth-order valence-electron chi connectivity index (χ4n) is 2.85. The van der Waals surface area contributed by atoms with E-state index in [4.69, 9.17) is 10.8 Å². The first-order chi connectivity index (χ1) is 10.1. The number of nitrogens with two attached hydrogens (primary N) is 1. The molecule has 3 heteroatoms. The molecule has 1 aromatic carbocycles. The minimum Gasteiger partial charge on any atom is -0.326 e. The van der Waals surface area contributed by atoms with E-state index in [-0.39, 0.29) is 12.1 Å². The topological polar surface area (TPSA) is 43.8 Å². The molecule has 2 unspecified atom stereocenters. The van der Waals surface area contributed by atoms with Crippen molar-refractivity contribution in [3.8, 4) is 0 Å². The lowest BCUT2D eigenvalue weighted by Gasteiger charge is -2.27. The molecule has 0 bridgehead atoms. The maximum Gasteiger partial charge on any atom is 0.0924 e. The summed E-state index contributed by atoms with van der Waals surface area (Å²) in [4.78, 5) is 0. The van der Waals surface area contributed by atoms with E-state index < -0.39 is 0 Å². The molecule has 1 aromatic heterocycles. The highest BCUT2D eigenvalue weighted by Gasteiger charge is 2.25. The van der Waals surface area contributed by atoms with Gasteiger partial charge in [0.05, 0.1) is 11.7 Å². The van der Waals surface area contributed by atoms with E-state index in [0.29, 0.717) is 0 Å². The number of hydrogen-bond acceptors (Lipinski definition) is 2. The number of aryl methyl sites for hydroxylation is 3. The lowest BCUT2D eigenvalue weighted by molar-refractivity contribution is 0.410. The van der Waals surface area contributed by atoms with Crippen LogP contribution in [0.1, 0.15) is 55.7 Å². The maximum atomic E-state index is 6.46. The molecular weight excluding hydrogens is 258 g/mol. The highest BCUT2D eigenvalue weighted by atomic mass is 15.3. The molecule has 0 aliphatic carbocycles. The average molecular weight is 285 g/mol. The predicted octanol–water partition coefficient (Wildman–Crippen LogP) is 3.64. The summed E-state index contributed by atoms with van der Waals surface area (Å²) in [6, 6.07) is 10.9. The van der Waals surface area contributed by atoms with Gasteiger partial charge in [-0.1, -0.05) is 45.0 Å². The monoisotopic (exact) mass is 285 g/mol. The van der Waals surface area contributed by atoms with E-state index in [0.717, 1.165) is 25.0 Å². The van der Waals surface area contributed by atoms with Crippen LogP contribution in [0.3, 0.4) is 0 Å². The zero-order valence-electron chi connectivity index (χ0n) is 13.6. The van der Waals surface area contributed by atoms with Crippen molar-refractivity contribution in [3.63, 3.8) is 0 Å². The first-order valence-electron chi connectivity index (χ1n) is 8.00. The number of hydrogen-bond donors (Lipinski definition) is 1. The van der Waals surface area contributed by atoms with Gasteiger partial charge in [-0.05, 0) is 43.4 Å². The zero-order valence-corrected chi connectivity index (χ0v) is 13.6. The van der Waals surface area contributed by atoms with Crippen LogP contribution >= 0.6 is 0 Å². The summed E-state index contributed by atoms with van der Waals surface area (Å²) in [6.07, 6.45) is 2.87. The Balaban J connectivity index is 2.56.